The van der Waals surface area contributed by atoms with Crippen LogP contribution in [0.25, 0.3) is 0 Å². The van der Waals surface area contributed by atoms with E-state index in [9.17, 15) is 26.4 Å². The van der Waals surface area contributed by atoms with Crippen molar-refractivity contribution in [2.75, 3.05) is 44.2 Å². The van der Waals surface area contributed by atoms with E-state index in [-0.39, 0.29) is 42.9 Å². The van der Waals surface area contributed by atoms with E-state index in [1.54, 1.807) is 23.5 Å². The van der Waals surface area contributed by atoms with E-state index in [4.69, 9.17) is 0 Å². The summed E-state index contributed by atoms with van der Waals surface area (Å²) in [5.41, 5.74) is -0.903. The van der Waals surface area contributed by atoms with Gasteiger partial charge in [0.2, 0.25) is 15.9 Å². The molecule has 1 atom stereocenters. The Bertz CT molecular complexity index is 1070. The normalized spacial score (nSPS) is 20.6. The standard InChI is InChI=1S/C21H24F3N5O3S/c22-21(23,24)17-3-5-18(6-4-17)33(31,32)29-12-10-27(11-13-29)20(30)16-2-1-9-28(15-16)19-14-25-7-8-26-19/h3-8,14,16H,1-2,9-13,15H2/t16-/m0/s1. The first-order chi connectivity index (χ1) is 15.7. The van der Waals surface area contributed by atoms with Gasteiger partial charge < -0.3 is 9.80 Å². The highest BCUT2D eigenvalue weighted by Gasteiger charge is 2.35. The van der Waals surface area contributed by atoms with Crippen LogP contribution in [0.2, 0.25) is 0 Å². The summed E-state index contributed by atoms with van der Waals surface area (Å²) in [5.74, 6) is 0.497. The fraction of sp³-hybridized carbons (Fsp3) is 0.476. The van der Waals surface area contributed by atoms with Gasteiger partial charge in [-0.2, -0.15) is 17.5 Å². The number of hydrogen-bond acceptors (Lipinski definition) is 6. The zero-order valence-electron chi connectivity index (χ0n) is 17.8. The average molecular weight is 484 g/mol. The van der Waals surface area contributed by atoms with Gasteiger partial charge in [0.05, 0.1) is 22.6 Å². The number of carbonyl (C=O) groups excluding carboxylic acids is 1. The summed E-state index contributed by atoms with van der Waals surface area (Å²) in [5, 5.41) is 0. The minimum absolute atomic E-state index is 0.0184. The molecule has 0 radical (unpaired) electrons. The number of benzene rings is 1. The molecule has 178 valence electrons. The number of anilines is 1. The van der Waals surface area contributed by atoms with Crippen molar-refractivity contribution in [3.8, 4) is 0 Å². The largest absolute Gasteiger partial charge is 0.416 e. The van der Waals surface area contributed by atoms with Crippen LogP contribution in [0.3, 0.4) is 0 Å². The van der Waals surface area contributed by atoms with Crippen molar-refractivity contribution in [3.63, 3.8) is 0 Å². The van der Waals surface area contributed by atoms with E-state index in [0.29, 0.717) is 6.54 Å². The Balaban J connectivity index is 1.36. The van der Waals surface area contributed by atoms with Crippen LogP contribution < -0.4 is 4.90 Å². The molecule has 4 rings (SSSR count). The van der Waals surface area contributed by atoms with E-state index in [0.717, 1.165) is 49.5 Å². The molecule has 12 heteroatoms. The number of amides is 1. The van der Waals surface area contributed by atoms with Crippen molar-refractivity contribution in [2.24, 2.45) is 5.92 Å². The predicted molar refractivity (Wildman–Crippen MR) is 114 cm³/mol. The van der Waals surface area contributed by atoms with Crippen LogP contribution in [0.15, 0.2) is 47.8 Å². The Morgan fingerprint density at radius 1 is 1.00 bits per heavy atom. The first-order valence-electron chi connectivity index (χ1n) is 10.6. The van der Waals surface area contributed by atoms with Crippen molar-refractivity contribution < 1.29 is 26.4 Å². The summed E-state index contributed by atoms with van der Waals surface area (Å²) in [7, 11) is -3.94. The maximum absolute atomic E-state index is 13.1. The zero-order chi connectivity index (χ0) is 23.6. The molecule has 0 unspecified atom stereocenters. The predicted octanol–water partition coefficient (Wildman–Crippen LogP) is 2.24. The molecule has 0 N–H and O–H groups in total. The van der Waals surface area contributed by atoms with Crippen LogP contribution in [0, 0.1) is 5.92 Å². The third-order valence-electron chi connectivity index (χ3n) is 6.01. The van der Waals surface area contributed by atoms with Crippen LogP contribution >= 0.6 is 0 Å². The Morgan fingerprint density at radius 3 is 2.30 bits per heavy atom. The first-order valence-corrected chi connectivity index (χ1v) is 12.1. The molecular weight excluding hydrogens is 459 g/mol. The van der Waals surface area contributed by atoms with E-state index < -0.39 is 21.8 Å². The fourth-order valence-electron chi connectivity index (χ4n) is 4.21. The third-order valence-corrected chi connectivity index (χ3v) is 7.93. The third kappa shape index (κ3) is 5.11. The van der Waals surface area contributed by atoms with Gasteiger partial charge in [-0.05, 0) is 37.1 Å². The van der Waals surface area contributed by atoms with E-state index in [1.165, 1.54) is 4.31 Å². The van der Waals surface area contributed by atoms with Gasteiger partial charge in [0.25, 0.3) is 0 Å². The summed E-state index contributed by atoms with van der Waals surface area (Å²) in [6, 6.07) is 3.47. The molecule has 2 aliphatic rings. The van der Waals surface area contributed by atoms with Crippen molar-refractivity contribution in [1.82, 2.24) is 19.2 Å². The zero-order valence-corrected chi connectivity index (χ0v) is 18.6. The van der Waals surface area contributed by atoms with Crippen LogP contribution in [-0.2, 0) is 21.0 Å². The molecule has 0 spiro atoms. The molecule has 0 aliphatic carbocycles. The minimum atomic E-state index is -4.53. The lowest BCUT2D eigenvalue weighted by molar-refractivity contribution is -0.138. The van der Waals surface area contributed by atoms with Gasteiger partial charge in [0.1, 0.15) is 5.82 Å². The number of sulfonamides is 1. The molecule has 2 saturated heterocycles. The lowest BCUT2D eigenvalue weighted by Crippen LogP contribution is -2.53. The number of piperidine rings is 1. The molecule has 2 aliphatic heterocycles. The Morgan fingerprint density at radius 2 is 1.70 bits per heavy atom. The van der Waals surface area contributed by atoms with E-state index >= 15 is 0 Å². The van der Waals surface area contributed by atoms with E-state index in [2.05, 4.69) is 9.97 Å². The number of carbonyl (C=O) groups is 1. The van der Waals surface area contributed by atoms with Gasteiger partial charge in [-0.3, -0.25) is 9.78 Å². The fourth-order valence-corrected chi connectivity index (χ4v) is 5.64. The lowest BCUT2D eigenvalue weighted by atomic mass is 9.96. The molecule has 0 saturated carbocycles. The number of rotatable bonds is 4. The van der Waals surface area contributed by atoms with Gasteiger partial charge in [-0.15, -0.1) is 0 Å². The number of nitrogens with zero attached hydrogens (tertiary/aromatic N) is 5. The first kappa shape index (κ1) is 23.4. The highest BCUT2D eigenvalue weighted by Crippen LogP contribution is 2.30. The van der Waals surface area contributed by atoms with Gasteiger partial charge in [0.15, 0.2) is 0 Å². The van der Waals surface area contributed by atoms with Gasteiger partial charge in [-0.1, -0.05) is 0 Å². The second kappa shape index (κ2) is 9.26. The molecule has 1 aromatic carbocycles. The number of piperazine rings is 1. The number of halogens is 3. The van der Waals surface area contributed by atoms with Gasteiger partial charge in [0, 0.05) is 51.7 Å². The molecular formula is C21H24F3N5O3S. The molecule has 33 heavy (non-hydrogen) atoms. The highest BCUT2D eigenvalue weighted by atomic mass is 32.2. The molecule has 0 bridgehead atoms. The molecule has 1 amide bonds. The molecule has 2 aromatic rings. The Kier molecular flexibility index (Phi) is 6.57. The van der Waals surface area contributed by atoms with Gasteiger partial charge >= 0.3 is 6.18 Å². The molecule has 2 fully saturated rings. The van der Waals surface area contributed by atoms with Gasteiger partial charge in [-0.25, -0.2) is 13.4 Å². The quantitative estimate of drug-likeness (QED) is 0.663. The summed E-state index contributed by atoms with van der Waals surface area (Å²) in [6.45, 7) is 1.98. The molecule has 3 heterocycles. The van der Waals surface area contributed by atoms with Crippen LogP contribution in [0.5, 0.6) is 0 Å². The minimum Gasteiger partial charge on any atom is -0.355 e. The van der Waals surface area contributed by atoms with Crippen LogP contribution in [-0.4, -0.2) is 72.8 Å². The summed E-state index contributed by atoms with van der Waals surface area (Å²) in [6.07, 6.45) is 1.92. The van der Waals surface area contributed by atoms with Crippen molar-refractivity contribution in [2.45, 2.75) is 23.9 Å². The molecule has 1 aromatic heterocycles. The SMILES string of the molecule is O=C([C@H]1CCCN(c2cnccn2)C1)N1CCN(S(=O)(=O)c2ccc(C(F)(F)F)cc2)CC1. The maximum Gasteiger partial charge on any atom is 0.416 e. The van der Waals surface area contributed by atoms with E-state index in [1.807, 2.05) is 4.90 Å². The Labute approximate surface area is 190 Å². The second-order valence-electron chi connectivity index (χ2n) is 8.10. The van der Waals surface area contributed by atoms with Crippen LogP contribution in [0.4, 0.5) is 19.0 Å². The number of aromatic nitrogens is 2. The van der Waals surface area contributed by atoms with Crippen molar-refractivity contribution >= 4 is 21.7 Å². The summed E-state index contributed by atoms with van der Waals surface area (Å²) >= 11 is 0. The Hall–Kier alpha value is -2.73. The van der Waals surface area contributed by atoms with Crippen molar-refractivity contribution in [1.29, 1.82) is 0 Å². The monoisotopic (exact) mass is 483 g/mol. The van der Waals surface area contributed by atoms with Crippen LogP contribution in [0.1, 0.15) is 18.4 Å². The van der Waals surface area contributed by atoms with Crippen molar-refractivity contribution in [3.05, 3.63) is 48.4 Å². The second-order valence-corrected chi connectivity index (χ2v) is 10.0. The smallest absolute Gasteiger partial charge is 0.355 e. The summed E-state index contributed by atoms with van der Waals surface area (Å²) in [4.78, 5) is 25.0. The molecule has 8 nitrogen and oxygen atoms in total. The number of hydrogen-bond donors (Lipinski definition) is 0. The summed E-state index contributed by atoms with van der Waals surface area (Å²) < 4.78 is 65.2. The topological polar surface area (TPSA) is 86.7 Å². The highest BCUT2D eigenvalue weighted by molar-refractivity contribution is 7.89. The maximum atomic E-state index is 13.1. The number of alkyl halides is 3. The lowest BCUT2D eigenvalue weighted by Gasteiger charge is -2.38. The average Bonchev–Trinajstić information content (AvgIpc) is 2.84.